The summed E-state index contributed by atoms with van der Waals surface area (Å²) in [6.07, 6.45) is 0.838. The lowest BCUT2D eigenvalue weighted by atomic mass is 9.98. The molecule has 1 nitrogen and oxygen atoms in total. The minimum atomic E-state index is 0. The van der Waals surface area contributed by atoms with Crippen molar-refractivity contribution in [1.82, 2.24) is 0 Å². The molecule has 0 amide bonds. The Bertz CT molecular complexity index is 517. The third kappa shape index (κ3) is 4.23. The van der Waals surface area contributed by atoms with Gasteiger partial charge in [-0.05, 0) is 30.0 Å². The Hall–Kier alpha value is -1.57. The van der Waals surface area contributed by atoms with Crippen LogP contribution < -0.4 is 5.73 Å². The van der Waals surface area contributed by atoms with Gasteiger partial charge < -0.3 is 5.73 Å². The van der Waals surface area contributed by atoms with Gasteiger partial charge in [0.05, 0.1) is 0 Å². The van der Waals surface area contributed by atoms with Crippen molar-refractivity contribution in [2.75, 3.05) is 0 Å². The van der Waals surface area contributed by atoms with Crippen LogP contribution in [0.4, 0.5) is 0 Å². The Kier molecular flexibility index (Phi) is 5.81. The van der Waals surface area contributed by atoms with Crippen molar-refractivity contribution in [3.05, 3.63) is 72.3 Å². The monoisotopic (exact) mass is 273 g/mol. The van der Waals surface area contributed by atoms with Crippen LogP contribution in [0, 0.1) is 0 Å². The van der Waals surface area contributed by atoms with Crippen LogP contribution in [0.2, 0.25) is 0 Å². The summed E-state index contributed by atoms with van der Waals surface area (Å²) in [5.74, 6) is 0. The topological polar surface area (TPSA) is 26.0 Å². The number of rotatable bonds is 4. The van der Waals surface area contributed by atoms with E-state index >= 15 is 0 Å². The minimum Gasteiger partial charge on any atom is -0.324 e. The summed E-state index contributed by atoms with van der Waals surface area (Å²) in [6, 6.07) is 18.9. The summed E-state index contributed by atoms with van der Waals surface area (Å²) >= 11 is 0. The van der Waals surface area contributed by atoms with Gasteiger partial charge in [0.15, 0.2) is 0 Å². The third-order valence-electron chi connectivity index (χ3n) is 3.01. The molecule has 0 bridgehead atoms. The van der Waals surface area contributed by atoms with Gasteiger partial charge in [0.1, 0.15) is 0 Å². The highest BCUT2D eigenvalue weighted by molar-refractivity contribution is 5.85. The lowest BCUT2D eigenvalue weighted by Crippen LogP contribution is -2.10. The molecule has 2 aromatic carbocycles. The normalized spacial score (nSPS) is 11.5. The standard InChI is InChI=1S/C17H19N.ClH/c1-13(2)12-17(18)16-10-8-15(9-11-16)14-6-4-3-5-7-14;/h3-11,17H,1,12,18H2,2H3;1H/t17-;/m1./s1. The molecular formula is C17H20ClN. The van der Waals surface area contributed by atoms with Crippen LogP contribution in [0.15, 0.2) is 66.7 Å². The first-order chi connectivity index (χ1) is 8.66. The molecule has 0 radical (unpaired) electrons. The number of nitrogens with two attached hydrogens (primary N) is 1. The number of halogens is 1. The lowest BCUT2D eigenvalue weighted by molar-refractivity contribution is 0.717. The maximum Gasteiger partial charge on any atom is 0.0332 e. The SMILES string of the molecule is C=C(C)C[C@@H](N)c1ccc(-c2ccccc2)cc1.Cl. The molecule has 0 aromatic heterocycles. The van der Waals surface area contributed by atoms with Gasteiger partial charge in [0, 0.05) is 6.04 Å². The maximum atomic E-state index is 6.12. The molecule has 0 aliphatic carbocycles. The molecule has 0 saturated carbocycles. The van der Waals surface area contributed by atoms with E-state index in [1.807, 2.05) is 13.0 Å². The van der Waals surface area contributed by atoms with Crippen molar-refractivity contribution >= 4 is 12.4 Å². The van der Waals surface area contributed by atoms with E-state index in [1.54, 1.807) is 0 Å². The van der Waals surface area contributed by atoms with Gasteiger partial charge in [-0.1, -0.05) is 60.2 Å². The van der Waals surface area contributed by atoms with Crippen LogP contribution in [0.5, 0.6) is 0 Å². The largest absolute Gasteiger partial charge is 0.324 e. The minimum absolute atomic E-state index is 0. The Morgan fingerprint density at radius 1 is 1.00 bits per heavy atom. The summed E-state index contributed by atoms with van der Waals surface area (Å²) in [6.45, 7) is 5.92. The van der Waals surface area contributed by atoms with E-state index in [1.165, 1.54) is 11.1 Å². The Morgan fingerprint density at radius 3 is 2.05 bits per heavy atom. The first-order valence-corrected chi connectivity index (χ1v) is 6.22. The Morgan fingerprint density at radius 2 is 1.53 bits per heavy atom. The maximum absolute atomic E-state index is 6.12. The Balaban J connectivity index is 0.00000180. The average Bonchev–Trinajstić information content (AvgIpc) is 2.39. The van der Waals surface area contributed by atoms with Gasteiger partial charge >= 0.3 is 0 Å². The van der Waals surface area contributed by atoms with Gasteiger partial charge in [-0.15, -0.1) is 19.0 Å². The number of benzene rings is 2. The van der Waals surface area contributed by atoms with E-state index in [0.717, 1.165) is 17.6 Å². The van der Waals surface area contributed by atoms with E-state index < -0.39 is 0 Å². The zero-order valence-corrected chi connectivity index (χ0v) is 12.0. The van der Waals surface area contributed by atoms with E-state index in [-0.39, 0.29) is 18.4 Å². The molecule has 0 fully saturated rings. The molecule has 2 N–H and O–H groups in total. The van der Waals surface area contributed by atoms with Crippen molar-refractivity contribution in [2.24, 2.45) is 5.73 Å². The van der Waals surface area contributed by atoms with Gasteiger partial charge in [-0.25, -0.2) is 0 Å². The zero-order chi connectivity index (χ0) is 13.0. The highest BCUT2D eigenvalue weighted by Crippen LogP contribution is 2.23. The van der Waals surface area contributed by atoms with E-state index in [4.69, 9.17) is 5.73 Å². The van der Waals surface area contributed by atoms with Crippen LogP contribution >= 0.6 is 12.4 Å². The van der Waals surface area contributed by atoms with Gasteiger partial charge in [-0.3, -0.25) is 0 Å². The fourth-order valence-electron chi connectivity index (χ4n) is 2.05. The van der Waals surface area contributed by atoms with Crippen LogP contribution in [-0.2, 0) is 0 Å². The van der Waals surface area contributed by atoms with E-state index in [0.29, 0.717) is 0 Å². The predicted molar refractivity (Wildman–Crippen MR) is 85.5 cm³/mol. The molecule has 0 aliphatic heterocycles. The molecule has 0 spiro atoms. The third-order valence-corrected chi connectivity index (χ3v) is 3.01. The average molecular weight is 274 g/mol. The molecule has 19 heavy (non-hydrogen) atoms. The molecule has 0 saturated heterocycles. The van der Waals surface area contributed by atoms with Crippen molar-refractivity contribution in [3.8, 4) is 11.1 Å². The van der Waals surface area contributed by atoms with E-state index in [9.17, 15) is 0 Å². The van der Waals surface area contributed by atoms with E-state index in [2.05, 4.69) is 55.1 Å². The van der Waals surface area contributed by atoms with Gasteiger partial charge in [0.2, 0.25) is 0 Å². The number of hydrogen-bond acceptors (Lipinski definition) is 1. The Labute approximate surface area is 121 Å². The fourth-order valence-corrected chi connectivity index (χ4v) is 2.05. The molecule has 2 rings (SSSR count). The van der Waals surface area contributed by atoms with Crippen molar-refractivity contribution in [3.63, 3.8) is 0 Å². The first-order valence-electron chi connectivity index (χ1n) is 6.22. The summed E-state index contributed by atoms with van der Waals surface area (Å²) in [5.41, 5.74) is 10.9. The highest BCUT2D eigenvalue weighted by atomic mass is 35.5. The second-order valence-electron chi connectivity index (χ2n) is 4.76. The van der Waals surface area contributed by atoms with Gasteiger partial charge in [-0.2, -0.15) is 0 Å². The number of hydrogen-bond donors (Lipinski definition) is 1. The first kappa shape index (κ1) is 15.5. The summed E-state index contributed by atoms with van der Waals surface area (Å²) in [7, 11) is 0. The van der Waals surface area contributed by atoms with Crippen LogP contribution in [0.3, 0.4) is 0 Å². The van der Waals surface area contributed by atoms with Gasteiger partial charge in [0.25, 0.3) is 0 Å². The van der Waals surface area contributed by atoms with Crippen molar-refractivity contribution in [1.29, 1.82) is 0 Å². The molecule has 2 aromatic rings. The van der Waals surface area contributed by atoms with Crippen molar-refractivity contribution < 1.29 is 0 Å². The zero-order valence-electron chi connectivity index (χ0n) is 11.2. The molecular weight excluding hydrogens is 254 g/mol. The summed E-state index contributed by atoms with van der Waals surface area (Å²) < 4.78 is 0. The highest BCUT2D eigenvalue weighted by Gasteiger charge is 2.06. The molecule has 0 heterocycles. The predicted octanol–water partition coefficient (Wildman–Crippen LogP) is 4.74. The smallest absolute Gasteiger partial charge is 0.0332 e. The van der Waals surface area contributed by atoms with Crippen LogP contribution in [0.25, 0.3) is 11.1 Å². The summed E-state index contributed by atoms with van der Waals surface area (Å²) in [5, 5.41) is 0. The quantitative estimate of drug-likeness (QED) is 0.800. The molecule has 1 atom stereocenters. The lowest BCUT2D eigenvalue weighted by Gasteiger charge is -2.12. The van der Waals surface area contributed by atoms with Crippen LogP contribution in [-0.4, -0.2) is 0 Å². The molecule has 0 aliphatic rings. The van der Waals surface area contributed by atoms with Crippen LogP contribution in [0.1, 0.15) is 24.9 Å². The molecule has 100 valence electrons. The molecule has 0 unspecified atom stereocenters. The second kappa shape index (κ2) is 7.13. The second-order valence-corrected chi connectivity index (χ2v) is 4.76. The molecule has 2 heteroatoms. The fraction of sp³-hybridized carbons (Fsp3) is 0.176. The summed E-state index contributed by atoms with van der Waals surface area (Å²) in [4.78, 5) is 0. The van der Waals surface area contributed by atoms with Crippen molar-refractivity contribution in [2.45, 2.75) is 19.4 Å².